The van der Waals surface area contributed by atoms with Gasteiger partial charge in [-0.05, 0) is 89.6 Å². The third-order valence-electron chi connectivity index (χ3n) is 12.9. The van der Waals surface area contributed by atoms with Crippen LogP contribution in [0.2, 0.25) is 0 Å². The number of aryl methyl sites for hydroxylation is 1. The van der Waals surface area contributed by atoms with Crippen molar-refractivity contribution in [3.8, 4) is 17.3 Å². The summed E-state index contributed by atoms with van der Waals surface area (Å²) in [6, 6.07) is 42.6. The number of aromatic nitrogens is 2. The molecule has 1 saturated carbocycles. The van der Waals surface area contributed by atoms with Crippen LogP contribution in [0.5, 0.6) is 11.5 Å². The van der Waals surface area contributed by atoms with E-state index in [9.17, 15) is 0 Å². The fourth-order valence-electron chi connectivity index (χ4n) is 9.99. The Morgan fingerprint density at radius 3 is 2.09 bits per heavy atom. The monoisotopic (exact) mass is 737 g/mol. The molecule has 0 N–H and O–H groups in total. The van der Waals surface area contributed by atoms with Crippen molar-refractivity contribution in [3.63, 3.8) is 0 Å². The molecule has 0 spiro atoms. The Morgan fingerprint density at radius 1 is 0.625 bits per heavy atom. The second kappa shape index (κ2) is 12.4. The van der Waals surface area contributed by atoms with Crippen LogP contribution >= 0.6 is 0 Å². The van der Waals surface area contributed by atoms with Crippen LogP contribution in [-0.4, -0.2) is 9.55 Å². The molecule has 0 radical (unpaired) electrons. The molecule has 0 bridgehead atoms. The average molecular weight is 738 g/mol. The van der Waals surface area contributed by atoms with Crippen LogP contribution in [0.4, 0.5) is 22.7 Å². The van der Waals surface area contributed by atoms with Gasteiger partial charge < -0.3 is 4.74 Å². The summed E-state index contributed by atoms with van der Waals surface area (Å²) in [7, 11) is 0. The van der Waals surface area contributed by atoms with Crippen LogP contribution < -0.4 is 13.9 Å². The predicted molar refractivity (Wildman–Crippen MR) is 233 cm³/mol. The third-order valence-corrected chi connectivity index (χ3v) is 12.9. The maximum Gasteiger partial charge on any atom is 0.225 e. The largest absolute Gasteiger partial charge is 0.457 e. The Labute approximate surface area is 332 Å². The predicted octanol–water partition coefficient (Wildman–Crippen LogP) is 14.3. The first-order valence-corrected chi connectivity index (χ1v) is 20.6. The summed E-state index contributed by atoms with van der Waals surface area (Å²) in [5.41, 5.74) is 13.0. The highest BCUT2D eigenvalue weighted by Crippen LogP contribution is 2.76. The molecule has 7 aromatic rings. The molecule has 4 heterocycles. The maximum absolute atomic E-state index is 7.01. The first-order valence-electron chi connectivity index (χ1n) is 20.6. The molecule has 2 fully saturated rings. The number of hydrogen-bond acceptors (Lipinski definition) is 2. The molecule has 1 saturated heterocycles. The van der Waals surface area contributed by atoms with Crippen molar-refractivity contribution in [2.45, 2.75) is 97.3 Å². The van der Waals surface area contributed by atoms with Gasteiger partial charge in [0.1, 0.15) is 17.3 Å². The Bertz CT molecular complexity index is 2690. The normalized spacial score (nSPS) is 20.8. The Kier molecular flexibility index (Phi) is 7.78. The highest BCUT2D eigenvalue weighted by atomic mass is 16.5. The van der Waals surface area contributed by atoms with E-state index in [1.165, 1.54) is 82.3 Å². The van der Waals surface area contributed by atoms with E-state index in [1.54, 1.807) is 5.56 Å². The van der Waals surface area contributed by atoms with Gasteiger partial charge in [0.25, 0.3) is 0 Å². The zero-order valence-corrected chi connectivity index (χ0v) is 33.9. The minimum atomic E-state index is -0.0841. The molecular formula is C51H53N4O+. The van der Waals surface area contributed by atoms with E-state index in [0.717, 1.165) is 32.9 Å². The Hall–Kier alpha value is -5.23. The highest BCUT2D eigenvalue weighted by molar-refractivity contribution is 6.09. The fourth-order valence-corrected chi connectivity index (χ4v) is 9.99. The molecule has 2 aromatic heterocycles. The highest BCUT2D eigenvalue weighted by Gasteiger charge is 2.78. The van der Waals surface area contributed by atoms with Crippen molar-refractivity contribution in [2.75, 3.05) is 0 Å². The number of ether oxygens (including phenoxy) is 1. The number of rotatable bonds is 6. The van der Waals surface area contributed by atoms with Gasteiger partial charge in [-0.1, -0.05) is 103 Å². The number of quaternary nitrogens is 2. The quantitative estimate of drug-likeness (QED) is 0.0965. The molecule has 5 aromatic carbocycles. The summed E-state index contributed by atoms with van der Waals surface area (Å²) >= 11 is 0. The molecule has 5 nitrogen and oxygen atoms in total. The van der Waals surface area contributed by atoms with Crippen LogP contribution in [0.1, 0.15) is 102 Å². The molecular weight excluding hydrogens is 685 g/mol. The van der Waals surface area contributed by atoms with E-state index < -0.39 is 0 Å². The van der Waals surface area contributed by atoms with E-state index in [2.05, 4.69) is 175 Å². The van der Waals surface area contributed by atoms with E-state index in [0.29, 0.717) is 10.5 Å². The minimum absolute atomic E-state index is 0.00549. The van der Waals surface area contributed by atoms with Crippen LogP contribution in [-0.2, 0) is 10.8 Å². The Morgan fingerprint density at radius 2 is 1.32 bits per heavy atom. The Balaban J connectivity index is 1.11. The van der Waals surface area contributed by atoms with Gasteiger partial charge in [0.2, 0.25) is 11.4 Å². The molecule has 282 valence electrons. The molecule has 2 aliphatic heterocycles. The summed E-state index contributed by atoms with van der Waals surface area (Å²) < 4.78 is 10.7. The van der Waals surface area contributed by atoms with Gasteiger partial charge in [-0.2, -0.15) is 9.18 Å². The van der Waals surface area contributed by atoms with Crippen molar-refractivity contribution in [1.29, 1.82) is 0 Å². The SMILES string of the molecule is Cc1cccc([N@+]23[CH-][N+]2(c2cc(Oc4ccc5c6ccccc6n(-c6cc(C(C)(C)C)ccn6)c5c4)cc(C(C)(C)C)c2)c2ccccc23)c1C1CCCCC1. The van der Waals surface area contributed by atoms with Crippen molar-refractivity contribution in [1.82, 2.24) is 18.7 Å². The summed E-state index contributed by atoms with van der Waals surface area (Å²) in [6.45, 7) is 18.5. The van der Waals surface area contributed by atoms with E-state index >= 15 is 0 Å². The molecule has 1 aliphatic carbocycles. The molecule has 0 amide bonds. The first-order chi connectivity index (χ1) is 26.9. The minimum Gasteiger partial charge on any atom is -0.457 e. The lowest BCUT2D eigenvalue weighted by Gasteiger charge is -2.42. The van der Waals surface area contributed by atoms with Crippen molar-refractivity contribution < 1.29 is 4.74 Å². The van der Waals surface area contributed by atoms with E-state index in [4.69, 9.17) is 9.72 Å². The summed E-state index contributed by atoms with van der Waals surface area (Å²) in [4.78, 5) is 4.91. The molecule has 5 heteroatoms. The second-order valence-electron chi connectivity index (χ2n) is 18.6. The zero-order valence-electron chi connectivity index (χ0n) is 33.9. The smallest absolute Gasteiger partial charge is 0.225 e. The number of fused-ring (bicyclic) bond motifs is 7. The third kappa shape index (κ3) is 5.17. The van der Waals surface area contributed by atoms with Gasteiger partial charge in [-0.25, -0.2) is 4.98 Å². The van der Waals surface area contributed by atoms with E-state index in [-0.39, 0.29) is 10.8 Å². The van der Waals surface area contributed by atoms with Gasteiger partial charge in [-0.3, -0.25) is 4.57 Å². The molecule has 10 rings (SSSR count). The fraction of sp³-hybridized carbons (Fsp3) is 0.294. The van der Waals surface area contributed by atoms with Crippen molar-refractivity contribution in [2.24, 2.45) is 0 Å². The molecule has 1 unspecified atom stereocenters. The van der Waals surface area contributed by atoms with E-state index in [1.807, 2.05) is 6.20 Å². The van der Waals surface area contributed by atoms with Crippen LogP contribution in [0.15, 0.2) is 121 Å². The molecule has 2 atom stereocenters. The number of benzene rings is 5. The number of hydrogen-bond donors (Lipinski definition) is 0. The zero-order chi connectivity index (χ0) is 38.6. The number of nitrogens with zero attached hydrogens (tertiary/aromatic N) is 4. The lowest BCUT2D eigenvalue weighted by molar-refractivity contribution is 0.404. The van der Waals surface area contributed by atoms with Crippen molar-refractivity contribution >= 4 is 44.6 Å². The first kappa shape index (κ1) is 35.2. The number of pyridine rings is 1. The van der Waals surface area contributed by atoms with Gasteiger partial charge >= 0.3 is 0 Å². The van der Waals surface area contributed by atoms with Gasteiger partial charge in [-0.15, -0.1) is 0 Å². The van der Waals surface area contributed by atoms with Crippen LogP contribution in [0.25, 0.3) is 27.6 Å². The van der Waals surface area contributed by atoms with Gasteiger partial charge in [0.15, 0.2) is 18.0 Å². The topological polar surface area (TPSA) is 27.1 Å². The second-order valence-corrected chi connectivity index (χ2v) is 18.6. The molecule has 3 aliphatic rings. The average Bonchev–Trinajstić information content (AvgIpc) is 3.67. The summed E-state index contributed by atoms with van der Waals surface area (Å²) in [6.07, 6.45) is 8.48. The van der Waals surface area contributed by atoms with Crippen LogP contribution in [0, 0.1) is 13.6 Å². The maximum atomic E-state index is 7.01. The summed E-state index contributed by atoms with van der Waals surface area (Å²) in [5.74, 6) is 3.19. The van der Waals surface area contributed by atoms with Gasteiger partial charge in [0, 0.05) is 58.9 Å². The summed E-state index contributed by atoms with van der Waals surface area (Å²) in [5, 5.41) is 2.39. The van der Waals surface area contributed by atoms with Crippen molar-refractivity contribution in [3.05, 3.63) is 150 Å². The molecule has 56 heavy (non-hydrogen) atoms. The number of para-hydroxylation sites is 3. The lowest BCUT2D eigenvalue weighted by atomic mass is 9.81. The van der Waals surface area contributed by atoms with Gasteiger partial charge in [0.05, 0.1) is 11.0 Å². The van der Waals surface area contributed by atoms with Crippen LogP contribution in [0.3, 0.4) is 0 Å². The standard InChI is InChI=1S/C51H53N4O/c1-34-16-15-23-47(49(34)35-17-9-8-10-18-35)55-33-54(55,45-21-13-14-22-46(45)55)38-28-37(51(5,6)7)29-40(31-38)56-39-24-25-42-41-19-11-12-20-43(41)53(44(42)32-39)48-30-36(26-27-52-48)50(2,3)4/h11-16,19-33,35H,8-10,17-18H2,1-7H3/q+1/t54?,55-/m1/s1. The lowest BCUT2D eigenvalue weighted by Crippen LogP contribution is -2.47.